The maximum atomic E-state index is 12.1. The third kappa shape index (κ3) is 5.31. The van der Waals surface area contributed by atoms with Gasteiger partial charge in [0.15, 0.2) is 0 Å². The number of aryl methyl sites for hydroxylation is 1. The van der Waals surface area contributed by atoms with E-state index >= 15 is 0 Å². The van der Waals surface area contributed by atoms with E-state index in [4.69, 9.17) is 5.73 Å². The minimum atomic E-state index is 0. The summed E-state index contributed by atoms with van der Waals surface area (Å²) in [6.45, 7) is 2.44. The van der Waals surface area contributed by atoms with Crippen LogP contribution in [0.2, 0.25) is 0 Å². The third-order valence-electron chi connectivity index (χ3n) is 4.34. The number of halogens is 2. The average Bonchev–Trinajstić information content (AvgIpc) is 3.17. The van der Waals surface area contributed by atoms with Crippen LogP contribution in [0.25, 0.3) is 10.2 Å². The Morgan fingerprint density at radius 2 is 2.08 bits per heavy atom. The molecule has 1 aromatic carbocycles. The Morgan fingerprint density at radius 3 is 2.79 bits per heavy atom. The molecule has 2 aromatic rings. The zero-order chi connectivity index (χ0) is 15.4. The van der Waals surface area contributed by atoms with Gasteiger partial charge in [0.2, 0.25) is 5.91 Å². The van der Waals surface area contributed by atoms with Gasteiger partial charge in [0.25, 0.3) is 0 Å². The largest absolute Gasteiger partial charge is 0.342 e. The zero-order valence-corrected chi connectivity index (χ0v) is 16.1. The van der Waals surface area contributed by atoms with Crippen LogP contribution in [0, 0.1) is 5.92 Å². The van der Waals surface area contributed by atoms with E-state index in [1.54, 1.807) is 11.3 Å². The van der Waals surface area contributed by atoms with E-state index in [-0.39, 0.29) is 24.8 Å². The summed E-state index contributed by atoms with van der Waals surface area (Å²) in [5.41, 5.74) is 6.76. The SMILES string of the molecule is Cl.Cl.NCC1CCN(C(=O)CCCCc2nc3ccccc3s2)C1. The summed E-state index contributed by atoms with van der Waals surface area (Å²) < 4.78 is 1.25. The number of nitrogens with two attached hydrogens (primary N) is 1. The van der Waals surface area contributed by atoms with E-state index in [0.717, 1.165) is 44.3 Å². The van der Waals surface area contributed by atoms with Gasteiger partial charge in [-0.3, -0.25) is 4.79 Å². The van der Waals surface area contributed by atoms with Gasteiger partial charge in [0, 0.05) is 19.5 Å². The highest BCUT2D eigenvalue weighted by Gasteiger charge is 2.24. The van der Waals surface area contributed by atoms with E-state index in [1.165, 1.54) is 9.71 Å². The predicted molar refractivity (Wildman–Crippen MR) is 105 cm³/mol. The molecule has 1 unspecified atom stereocenters. The van der Waals surface area contributed by atoms with Crippen molar-refractivity contribution in [3.63, 3.8) is 0 Å². The van der Waals surface area contributed by atoms with Crippen molar-refractivity contribution in [1.82, 2.24) is 9.88 Å². The average molecular weight is 390 g/mol. The molecule has 1 atom stereocenters. The maximum absolute atomic E-state index is 12.1. The van der Waals surface area contributed by atoms with Gasteiger partial charge in [0.05, 0.1) is 15.2 Å². The lowest BCUT2D eigenvalue weighted by atomic mass is 10.1. The first-order valence-electron chi connectivity index (χ1n) is 8.08. The van der Waals surface area contributed by atoms with E-state index in [1.807, 2.05) is 17.0 Å². The monoisotopic (exact) mass is 389 g/mol. The first kappa shape index (κ1) is 21.2. The second-order valence-electron chi connectivity index (χ2n) is 6.01. The van der Waals surface area contributed by atoms with Crippen LogP contribution in [-0.4, -0.2) is 35.4 Å². The molecule has 1 saturated heterocycles. The van der Waals surface area contributed by atoms with Crippen LogP contribution in [0.4, 0.5) is 0 Å². The lowest BCUT2D eigenvalue weighted by molar-refractivity contribution is -0.130. The fourth-order valence-electron chi connectivity index (χ4n) is 2.99. The van der Waals surface area contributed by atoms with Crippen molar-refractivity contribution in [2.45, 2.75) is 32.1 Å². The number of fused-ring (bicyclic) bond motifs is 1. The van der Waals surface area contributed by atoms with Gasteiger partial charge in [-0.25, -0.2) is 4.98 Å². The molecule has 7 heteroatoms. The van der Waals surface area contributed by atoms with E-state index < -0.39 is 0 Å². The molecule has 0 bridgehead atoms. The van der Waals surface area contributed by atoms with Crippen molar-refractivity contribution >= 4 is 52.3 Å². The second kappa shape index (κ2) is 10.2. The lowest BCUT2D eigenvalue weighted by Gasteiger charge is -2.15. The van der Waals surface area contributed by atoms with Gasteiger partial charge in [0.1, 0.15) is 0 Å². The fourth-order valence-corrected chi connectivity index (χ4v) is 4.00. The van der Waals surface area contributed by atoms with Gasteiger partial charge < -0.3 is 10.6 Å². The van der Waals surface area contributed by atoms with Crippen LogP contribution in [0.5, 0.6) is 0 Å². The van der Waals surface area contributed by atoms with Crippen molar-refractivity contribution in [3.8, 4) is 0 Å². The van der Waals surface area contributed by atoms with Crippen LogP contribution in [-0.2, 0) is 11.2 Å². The summed E-state index contributed by atoms with van der Waals surface area (Å²) in [7, 11) is 0. The third-order valence-corrected chi connectivity index (χ3v) is 5.44. The summed E-state index contributed by atoms with van der Waals surface area (Å²) in [5, 5.41) is 1.18. The molecule has 1 aliphatic heterocycles. The minimum Gasteiger partial charge on any atom is -0.342 e. The Bertz CT molecular complexity index is 617. The number of benzene rings is 1. The number of rotatable bonds is 6. The molecule has 1 aromatic heterocycles. The topological polar surface area (TPSA) is 59.2 Å². The number of carbonyl (C=O) groups is 1. The molecule has 134 valence electrons. The summed E-state index contributed by atoms with van der Waals surface area (Å²) in [5.74, 6) is 0.798. The van der Waals surface area contributed by atoms with E-state index in [0.29, 0.717) is 24.8 Å². The summed E-state index contributed by atoms with van der Waals surface area (Å²) in [6.07, 6.45) is 4.66. The smallest absolute Gasteiger partial charge is 0.222 e. The molecule has 1 amide bonds. The predicted octanol–water partition coefficient (Wildman–Crippen LogP) is 3.66. The minimum absolute atomic E-state index is 0. The molecule has 24 heavy (non-hydrogen) atoms. The number of hydrogen-bond acceptors (Lipinski definition) is 4. The maximum Gasteiger partial charge on any atom is 0.222 e. The Morgan fingerprint density at radius 1 is 1.29 bits per heavy atom. The van der Waals surface area contributed by atoms with Crippen molar-refractivity contribution < 1.29 is 4.79 Å². The van der Waals surface area contributed by atoms with Gasteiger partial charge in [-0.2, -0.15) is 0 Å². The quantitative estimate of drug-likeness (QED) is 0.766. The Hall–Kier alpha value is -0.880. The molecule has 2 N–H and O–H groups in total. The van der Waals surface area contributed by atoms with E-state index in [2.05, 4.69) is 17.1 Å². The lowest BCUT2D eigenvalue weighted by Crippen LogP contribution is -2.29. The van der Waals surface area contributed by atoms with Gasteiger partial charge >= 0.3 is 0 Å². The van der Waals surface area contributed by atoms with Gasteiger partial charge in [-0.05, 0) is 50.3 Å². The number of likely N-dealkylation sites (tertiary alicyclic amines) is 1. The highest BCUT2D eigenvalue weighted by atomic mass is 35.5. The molecule has 1 aliphatic rings. The van der Waals surface area contributed by atoms with Crippen molar-refractivity contribution in [2.75, 3.05) is 19.6 Å². The Kier molecular flexibility index (Phi) is 8.98. The van der Waals surface area contributed by atoms with Crippen LogP contribution >= 0.6 is 36.2 Å². The number of thiazole rings is 1. The molecule has 1 fully saturated rings. The molecule has 0 radical (unpaired) electrons. The molecular weight excluding hydrogens is 365 g/mol. The molecule has 3 rings (SSSR count). The van der Waals surface area contributed by atoms with Gasteiger partial charge in [-0.1, -0.05) is 12.1 Å². The standard InChI is InChI=1S/C17H23N3OS.2ClH/c18-11-13-9-10-20(12-13)17(21)8-4-3-7-16-19-14-5-1-2-6-15(14)22-16;;/h1-2,5-6,13H,3-4,7-12,18H2;2*1H. The number of hydrogen-bond donors (Lipinski definition) is 1. The first-order valence-corrected chi connectivity index (χ1v) is 8.90. The van der Waals surface area contributed by atoms with Gasteiger partial charge in [-0.15, -0.1) is 36.2 Å². The number of carbonyl (C=O) groups excluding carboxylic acids is 1. The first-order chi connectivity index (χ1) is 10.8. The molecule has 0 aliphatic carbocycles. The van der Waals surface area contributed by atoms with Crippen LogP contribution in [0.3, 0.4) is 0 Å². The molecule has 2 heterocycles. The molecule has 0 spiro atoms. The van der Waals surface area contributed by atoms with Crippen LogP contribution in [0.15, 0.2) is 24.3 Å². The highest BCUT2D eigenvalue weighted by molar-refractivity contribution is 7.18. The Balaban J connectivity index is 0.00000144. The summed E-state index contributed by atoms with van der Waals surface area (Å²) in [4.78, 5) is 18.7. The number of aromatic nitrogens is 1. The number of para-hydroxylation sites is 1. The summed E-state index contributed by atoms with van der Waals surface area (Å²) >= 11 is 1.76. The molecular formula is C17H25Cl2N3OS. The highest BCUT2D eigenvalue weighted by Crippen LogP contribution is 2.23. The normalized spacial score (nSPS) is 16.7. The van der Waals surface area contributed by atoms with E-state index in [9.17, 15) is 4.79 Å². The molecule has 0 saturated carbocycles. The van der Waals surface area contributed by atoms with Crippen LogP contribution in [0.1, 0.15) is 30.7 Å². The van der Waals surface area contributed by atoms with Crippen molar-refractivity contribution in [2.24, 2.45) is 11.7 Å². The second-order valence-corrected chi connectivity index (χ2v) is 7.13. The van der Waals surface area contributed by atoms with Crippen LogP contribution < -0.4 is 5.73 Å². The number of unbranched alkanes of at least 4 members (excludes halogenated alkanes) is 1. The fraction of sp³-hybridized carbons (Fsp3) is 0.529. The Labute approximate surface area is 159 Å². The number of amides is 1. The zero-order valence-electron chi connectivity index (χ0n) is 13.6. The summed E-state index contributed by atoms with van der Waals surface area (Å²) in [6, 6.07) is 8.24. The molecule has 4 nitrogen and oxygen atoms in total. The van der Waals surface area contributed by atoms with Crippen molar-refractivity contribution in [3.05, 3.63) is 29.3 Å². The van der Waals surface area contributed by atoms with Crippen molar-refractivity contribution in [1.29, 1.82) is 0 Å². The number of nitrogens with zero attached hydrogens (tertiary/aromatic N) is 2.